The number of aromatic nitrogens is 1. The first-order chi connectivity index (χ1) is 8.28. The molecule has 0 aliphatic heterocycles. The number of carbonyl (C=O) groups is 1. The highest BCUT2D eigenvalue weighted by atomic mass is 19.4. The molecule has 0 aliphatic rings. The normalized spacial score (nSPS) is 11.2. The second kappa shape index (κ2) is 5.07. The third-order valence-corrected chi connectivity index (χ3v) is 1.79. The van der Waals surface area contributed by atoms with Crippen molar-refractivity contribution in [2.45, 2.75) is 13.0 Å². The summed E-state index contributed by atoms with van der Waals surface area (Å²) in [6, 6.07) is 0.592. The van der Waals surface area contributed by atoms with Gasteiger partial charge in [0.2, 0.25) is 5.88 Å². The van der Waals surface area contributed by atoms with E-state index in [2.05, 4.69) is 14.5 Å². The third-order valence-electron chi connectivity index (χ3n) is 1.79. The largest absolute Gasteiger partial charge is 0.574 e. The Balaban J connectivity index is 3.30. The zero-order valence-electron chi connectivity index (χ0n) is 8.92. The molecule has 1 aromatic heterocycles. The molecular weight excluding hydrogens is 262 g/mol. The lowest BCUT2D eigenvalue weighted by Crippen LogP contribution is -2.20. The van der Waals surface area contributed by atoms with E-state index >= 15 is 0 Å². The van der Waals surface area contributed by atoms with E-state index in [1.165, 1.54) is 0 Å². The van der Waals surface area contributed by atoms with Gasteiger partial charge in [-0.25, -0.2) is 14.2 Å². The van der Waals surface area contributed by atoms with E-state index in [1.807, 2.05) is 0 Å². The van der Waals surface area contributed by atoms with Gasteiger partial charge in [-0.15, -0.1) is 13.2 Å². The maximum atomic E-state index is 12.3. The van der Waals surface area contributed by atoms with Gasteiger partial charge in [0, 0.05) is 6.07 Å². The van der Waals surface area contributed by atoms with Crippen LogP contribution in [0.15, 0.2) is 6.07 Å². The lowest BCUT2D eigenvalue weighted by molar-refractivity contribution is -0.276. The summed E-state index contributed by atoms with van der Waals surface area (Å²) in [4.78, 5) is 14.2. The van der Waals surface area contributed by atoms with Crippen LogP contribution in [0.5, 0.6) is 11.6 Å². The standard InChI is InChI=1S/C9H7F4NO4/c1-17-8(16)4-2-6(15)5(3-10)14-7(4)18-9(11,12)13/h2,15H,3H2,1H3. The lowest BCUT2D eigenvalue weighted by Gasteiger charge is -2.12. The van der Waals surface area contributed by atoms with Crippen LogP contribution in [0.1, 0.15) is 16.1 Å². The van der Waals surface area contributed by atoms with Crippen LogP contribution in [0.4, 0.5) is 17.6 Å². The Bertz CT molecular complexity index is 461. The van der Waals surface area contributed by atoms with E-state index < -0.39 is 41.9 Å². The Morgan fingerprint density at radius 3 is 2.56 bits per heavy atom. The van der Waals surface area contributed by atoms with E-state index in [0.717, 1.165) is 7.11 Å². The van der Waals surface area contributed by atoms with E-state index in [4.69, 9.17) is 0 Å². The van der Waals surface area contributed by atoms with E-state index in [9.17, 15) is 27.5 Å². The summed E-state index contributed by atoms with van der Waals surface area (Å²) in [7, 11) is 0.916. The molecule has 1 heterocycles. The van der Waals surface area contributed by atoms with E-state index in [0.29, 0.717) is 6.07 Å². The van der Waals surface area contributed by atoms with Crippen LogP contribution in [0.25, 0.3) is 0 Å². The highest BCUT2D eigenvalue weighted by molar-refractivity contribution is 5.92. The molecule has 0 unspecified atom stereocenters. The van der Waals surface area contributed by atoms with Crippen LogP contribution < -0.4 is 4.74 Å². The van der Waals surface area contributed by atoms with Crippen molar-refractivity contribution in [3.05, 3.63) is 17.3 Å². The third kappa shape index (κ3) is 3.22. The van der Waals surface area contributed by atoms with Crippen molar-refractivity contribution < 1.29 is 36.9 Å². The van der Waals surface area contributed by atoms with Crippen molar-refractivity contribution in [2.24, 2.45) is 0 Å². The van der Waals surface area contributed by atoms with Crippen LogP contribution in [-0.4, -0.2) is 29.5 Å². The molecule has 0 bridgehead atoms. The van der Waals surface area contributed by atoms with Gasteiger partial charge < -0.3 is 14.6 Å². The van der Waals surface area contributed by atoms with Gasteiger partial charge in [-0.1, -0.05) is 0 Å². The van der Waals surface area contributed by atoms with Crippen molar-refractivity contribution in [1.82, 2.24) is 4.98 Å². The number of esters is 1. The molecule has 1 aromatic rings. The van der Waals surface area contributed by atoms with Crippen LogP contribution in [0.3, 0.4) is 0 Å². The average molecular weight is 269 g/mol. The molecule has 0 saturated heterocycles. The molecular formula is C9H7F4NO4. The van der Waals surface area contributed by atoms with Crippen molar-refractivity contribution >= 4 is 5.97 Å². The average Bonchev–Trinajstić information content (AvgIpc) is 2.28. The fourth-order valence-electron chi connectivity index (χ4n) is 1.06. The Morgan fingerprint density at radius 2 is 2.11 bits per heavy atom. The molecule has 100 valence electrons. The second-order valence-electron chi connectivity index (χ2n) is 2.98. The van der Waals surface area contributed by atoms with Crippen LogP contribution in [0.2, 0.25) is 0 Å². The number of halogens is 4. The SMILES string of the molecule is COC(=O)c1cc(O)c(CF)nc1OC(F)(F)F. The summed E-state index contributed by atoms with van der Waals surface area (Å²) in [6.45, 7) is -1.32. The lowest BCUT2D eigenvalue weighted by atomic mass is 10.2. The molecule has 0 atom stereocenters. The van der Waals surface area contributed by atoms with Gasteiger partial charge in [-0.3, -0.25) is 0 Å². The molecule has 18 heavy (non-hydrogen) atoms. The molecule has 1 rings (SSSR count). The number of carbonyl (C=O) groups excluding carboxylic acids is 1. The van der Waals surface area contributed by atoms with Gasteiger partial charge in [0.1, 0.15) is 23.7 Å². The minimum absolute atomic E-state index is 0.592. The summed E-state index contributed by atoms with van der Waals surface area (Å²) in [5, 5.41) is 9.21. The molecule has 0 spiro atoms. The Labute approximate surface area is 98.0 Å². The number of rotatable bonds is 3. The fourth-order valence-corrected chi connectivity index (χ4v) is 1.06. The van der Waals surface area contributed by atoms with E-state index in [-0.39, 0.29) is 0 Å². The minimum Gasteiger partial charge on any atom is -0.506 e. The van der Waals surface area contributed by atoms with Gasteiger partial charge in [-0.2, -0.15) is 0 Å². The van der Waals surface area contributed by atoms with Crippen LogP contribution >= 0.6 is 0 Å². The molecule has 0 amide bonds. The van der Waals surface area contributed by atoms with Crippen molar-refractivity contribution in [1.29, 1.82) is 0 Å². The maximum absolute atomic E-state index is 12.3. The van der Waals surface area contributed by atoms with Crippen LogP contribution in [0, 0.1) is 0 Å². The molecule has 0 saturated carbocycles. The molecule has 0 fully saturated rings. The number of hydrogen-bond donors (Lipinski definition) is 1. The van der Waals surface area contributed by atoms with Crippen molar-refractivity contribution in [2.75, 3.05) is 7.11 Å². The molecule has 0 radical (unpaired) electrons. The minimum atomic E-state index is -5.11. The summed E-state index contributed by atoms with van der Waals surface area (Å²) >= 11 is 0. The number of aromatic hydroxyl groups is 1. The summed E-state index contributed by atoms with van der Waals surface area (Å²) in [6.07, 6.45) is -5.11. The zero-order valence-corrected chi connectivity index (χ0v) is 8.92. The number of alkyl halides is 4. The first-order valence-corrected chi connectivity index (χ1v) is 4.41. The van der Waals surface area contributed by atoms with Gasteiger partial charge in [-0.05, 0) is 0 Å². The summed E-state index contributed by atoms with van der Waals surface area (Å²) in [5.41, 5.74) is -1.44. The van der Waals surface area contributed by atoms with Crippen LogP contribution in [-0.2, 0) is 11.4 Å². The summed E-state index contributed by atoms with van der Waals surface area (Å²) in [5.74, 6) is -3.16. The topological polar surface area (TPSA) is 68.7 Å². The summed E-state index contributed by atoms with van der Waals surface area (Å²) < 4.78 is 56.2. The van der Waals surface area contributed by atoms with Gasteiger partial charge in [0.15, 0.2) is 0 Å². The van der Waals surface area contributed by atoms with Crippen molar-refractivity contribution in [3.63, 3.8) is 0 Å². The van der Waals surface area contributed by atoms with Gasteiger partial charge in [0.25, 0.3) is 0 Å². The first kappa shape index (κ1) is 14.0. The Kier molecular flexibility index (Phi) is 3.94. The second-order valence-corrected chi connectivity index (χ2v) is 2.98. The monoisotopic (exact) mass is 269 g/mol. The molecule has 5 nitrogen and oxygen atoms in total. The molecule has 1 N–H and O–H groups in total. The maximum Gasteiger partial charge on any atom is 0.574 e. The highest BCUT2D eigenvalue weighted by Gasteiger charge is 2.34. The van der Waals surface area contributed by atoms with Gasteiger partial charge in [0.05, 0.1) is 7.11 Å². The van der Waals surface area contributed by atoms with Gasteiger partial charge >= 0.3 is 12.3 Å². The Hall–Kier alpha value is -2.06. The van der Waals surface area contributed by atoms with Crippen molar-refractivity contribution in [3.8, 4) is 11.6 Å². The zero-order chi connectivity index (χ0) is 13.9. The molecule has 9 heteroatoms. The molecule has 0 aliphatic carbocycles. The number of pyridine rings is 1. The predicted molar refractivity (Wildman–Crippen MR) is 48.7 cm³/mol. The fraction of sp³-hybridized carbons (Fsp3) is 0.333. The smallest absolute Gasteiger partial charge is 0.506 e. The number of methoxy groups -OCH3 is 1. The predicted octanol–water partition coefficient (Wildman–Crippen LogP) is 1.94. The number of ether oxygens (including phenoxy) is 2. The van der Waals surface area contributed by atoms with E-state index in [1.54, 1.807) is 0 Å². The molecule has 0 aromatic carbocycles. The quantitative estimate of drug-likeness (QED) is 0.670. The number of hydrogen-bond acceptors (Lipinski definition) is 5. The number of nitrogens with zero attached hydrogens (tertiary/aromatic N) is 1. The highest BCUT2D eigenvalue weighted by Crippen LogP contribution is 2.29. The Morgan fingerprint density at radius 1 is 1.50 bits per heavy atom. The first-order valence-electron chi connectivity index (χ1n) is 4.41.